The van der Waals surface area contributed by atoms with Crippen molar-refractivity contribution >= 4 is 39.2 Å². The molecule has 0 unspecified atom stereocenters. The van der Waals surface area contributed by atoms with Crippen LogP contribution in [0.4, 0.5) is 0 Å². The fourth-order valence-corrected chi connectivity index (χ4v) is 6.14. The van der Waals surface area contributed by atoms with E-state index in [9.17, 15) is 9.59 Å². The van der Waals surface area contributed by atoms with Gasteiger partial charge in [-0.05, 0) is 43.2 Å². The van der Waals surface area contributed by atoms with E-state index >= 15 is 0 Å². The van der Waals surface area contributed by atoms with Crippen LogP contribution in [0.5, 0.6) is 0 Å². The van der Waals surface area contributed by atoms with E-state index in [-0.39, 0.29) is 17.2 Å². The predicted molar refractivity (Wildman–Crippen MR) is 145 cm³/mol. The first-order chi connectivity index (χ1) is 16.1. The fourth-order valence-electron chi connectivity index (χ4n) is 4.08. The third kappa shape index (κ3) is 6.30. The molecule has 5 nitrogen and oxygen atoms in total. The minimum Gasteiger partial charge on any atom is -0.341 e. The minimum atomic E-state index is -0.0183. The lowest BCUT2D eigenvalue weighted by Gasteiger charge is -2.26. The van der Waals surface area contributed by atoms with Crippen molar-refractivity contribution < 1.29 is 4.79 Å². The van der Waals surface area contributed by atoms with Gasteiger partial charge in [-0.1, -0.05) is 76.2 Å². The monoisotopic (exact) mass is 499 g/mol. The number of fused-ring (bicyclic) bond motifs is 1. The molecule has 3 aromatic rings. The van der Waals surface area contributed by atoms with Gasteiger partial charge in [0.25, 0.3) is 5.56 Å². The van der Waals surface area contributed by atoms with Gasteiger partial charge in [0.2, 0.25) is 5.91 Å². The highest BCUT2D eigenvalue weighted by molar-refractivity contribution is 7.99. The van der Waals surface area contributed by atoms with E-state index in [2.05, 4.69) is 65.8 Å². The van der Waals surface area contributed by atoms with Gasteiger partial charge in [0, 0.05) is 18.0 Å². The molecule has 184 valence electrons. The maximum Gasteiger partial charge on any atom is 0.263 e. The van der Waals surface area contributed by atoms with Crippen LogP contribution >= 0.6 is 23.1 Å². The van der Waals surface area contributed by atoms with Crippen LogP contribution in [0.15, 0.2) is 34.2 Å². The molecular weight excluding hydrogens is 462 g/mol. The number of benzene rings is 1. The van der Waals surface area contributed by atoms with E-state index in [0.717, 1.165) is 35.5 Å². The van der Waals surface area contributed by atoms with Crippen molar-refractivity contribution in [1.82, 2.24) is 14.5 Å². The van der Waals surface area contributed by atoms with Gasteiger partial charge in [-0.25, -0.2) is 4.98 Å². The number of aromatic nitrogens is 2. The van der Waals surface area contributed by atoms with Crippen molar-refractivity contribution in [1.29, 1.82) is 0 Å². The molecule has 0 saturated heterocycles. The van der Waals surface area contributed by atoms with E-state index in [1.54, 1.807) is 15.9 Å². The highest BCUT2D eigenvalue weighted by atomic mass is 32.2. The van der Waals surface area contributed by atoms with Crippen LogP contribution in [0.3, 0.4) is 0 Å². The molecule has 0 fully saturated rings. The van der Waals surface area contributed by atoms with Crippen molar-refractivity contribution in [3.8, 4) is 0 Å². The van der Waals surface area contributed by atoms with E-state index in [0.29, 0.717) is 28.9 Å². The number of rotatable bonds is 10. The highest BCUT2D eigenvalue weighted by Crippen LogP contribution is 2.30. The maximum atomic E-state index is 13.7. The third-order valence-corrected chi connectivity index (χ3v) is 8.04. The third-order valence-electron chi connectivity index (χ3n) is 5.75. The summed E-state index contributed by atoms with van der Waals surface area (Å²) in [6, 6.07) is 8.22. The zero-order valence-corrected chi connectivity index (χ0v) is 23.1. The number of hydrogen-bond donors (Lipinski definition) is 0. The average Bonchev–Trinajstić information content (AvgIpc) is 3.10. The minimum absolute atomic E-state index is 0.0183. The first kappa shape index (κ1) is 26.5. The number of hydrogen-bond acceptors (Lipinski definition) is 5. The second-order valence-corrected chi connectivity index (χ2v) is 11.9. The number of amides is 1. The van der Waals surface area contributed by atoms with Gasteiger partial charge < -0.3 is 4.90 Å². The quantitative estimate of drug-likeness (QED) is 0.257. The summed E-state index contributed by atoms with van der Waals surface area (Å²) in [5.74, 6) is 1.18. The van der Waals surface area contributed by atoms with Gasteiger partial charge in [-0.15, -0.1) is 11.3 Å². The fraction of sp³-hybridized carbons (Fsp3) is 0.519. The Bertz CT molecular complexity index is 1180. The van der Waals surface area contributed by atoms with Crippen molar-refractivity contribution in [2.45, 2.75) is 66.6 Å². The number of thiophene rings is 1. The van der Waals surface area contributed by atoms with E-state index < -0.39 is 0 Å². The second kappa shape index (κ2) is 11.5. The molecule has 1 amide bonds. The maximum absolute atomic E-state index is 13.7. The van der Waals surface area contributed by atoms with Crippen molar-refractivity contribution in [3.05, 3.63) is 56.2 Å². The Morgan fingerprint density at radius 2 is 1.71 bits per heavy atom. The van der Waals surface area contributed by atoms with E-state index in [1.807, 2.05) is 11.8 Å². The lowest BCUT2D eigenvalue weighted by molar-refractivity contribution is -0.129. The highest BCUT2D eigenvalue weighted by Gasteiger charge is 2.21. The van der Waals surface area contributed by atoms with Gasteiger partial charge in [0.15, 0.2) is 5.16 Å². The van der Waals surface area contributed by atoms with Gasteiger partial charge in [0.05, 0.1) is 17.7 Å². The van der Waals surface area contributed by atoms with Gasteiger partial charge in [0.1, 0.15) is 4.83 Å². The summed E-state index contributed by atoms with van der Waals surface area (Å²) in [4.78, 5) is 35.6. The summed E-state index contributed by atoms with van der Waals surface area (Å²) in [5.41, 5.74) is 3.24. The molecule has 0 aliphatic rings. The van der Waals surface area contributed by atoms with Crippen molar-refractivity contribution in [2.75, 3.05) is 18.8 Å². The van der Waals surface area contributed by atoms with E-state index in [1.165, 1.54) is 22.2 Å². The normalized spacial score (nSPS) is 11.7. The van der Waals surface area contributed by atoms with Crippen LogP contribution in [0.25, 0.3) is 10.2 Å². The van der Waals surface area contributed by atoms with Crippen LogP contribution in [0.1, 0.15) is 56.2 Å². The zero-order chi connectivity index (χ0) is 25.0. The first-order valence-corrected chi connectivity index (χ1v) is 13.9. The molecular formula is C27H37N3O2S2. The molecule has 0 aliphatic carbocycles. The summed E-state index contributed by atoms with van der Waals surface area (Å²) in [6.07, 6.45) is 0.880. The largest absolute Gasteiger partial charge is 0.341 e. The SMILES string of the molecule is CCc1sc2nc(SCC(=O)N(CC(C)C)CC(C)C)n(Cc3ccc(C)cc3)c(=O)c2c1C. The van der Waals surface area contributed by atoms with Crippen LogP contribution in [0.2, 0.25) is 0 Å². The number of carbonyl (C=O) groups excluding carboxylic acids is 1. The Kier molecular flexibility index (Phi) is 8.99. The molecule has 0 bridgehead atoms. The number of thioether (sulfide) groups is 1. The van der Waals surface area contributed by atoms with Gasteiger partial charge >= 0.3 is 0 Å². The number of carbonyl (C=O) groups is 1. The van der Waals surface area contributed by atoms with E-state index in [4.69, 9.17) is 4.98 Å². The smallest absolute Gasteiger partial charge is 0.263 e. The molecule has 0 spiro atoms. The average molecular weight is 500 g/mol. The zero-order valence-electron chi connectivity index (χ0n) is 21.5. The molecule has 3 rings (SSSR count). The Labute approximate surface area is 211 Å². The Balaban J connectivity index is 1.98. The Hall–Kier alpha value is -2.12. The Morgan fingerprint density at radius 3 is 2.26 bits per heavy atom. The summed E-state index contributed by atoms with van der Waals surface area (Å²) >= 11 is 2.97. The lowest BCUT2D eigenvalue weighted by Crippen LogP contribution is -2.38. The topological polar surface area (TPSA) is 55.2 Å². The van der Waals surface area contributed by atoms with Crippen molar-refractivity contribution in [3.63, 3.8) is 0 Å². The molecule has 0 aliphatic heterocycles. The molecule has 1 aromatic carbocycles. The predicted octanol–water partition coefficient (Wildman–Crippen LogP) is 5.92. The summed E-state index contributed by atoms with van der Waals surface area (Å²) in [6.45, 7) is 16.6. The van der Waals surface area contributed by atoms with Gasteiger partial charge in [-0.2, -0.15) is 0 Å². The standard InChI is InChI=1S/C27H37N3O2S2/c1-8-22-20(7)24-25(34-22)28-27(30(26(24)32)15-21-11-9-19(6)10-12-21)33-16-23(31)29(13-17(2)3)14-18(4)5/h9-12,17-18H,8,13-16H2,1-7H3. The molecule has 7 heteroatoms. The molecule has 34 heavy (non-hydrogen) atoms. The van der Waals surface area contributed by atoms with Crippen molar-refractivity contribution in [2.24, 2.45) is 11.8 Å². The van der Waals surface area contributed by atoms with Crippen LogP contribution in [0, 0.1) is 25.7 Å². The molecule has 2 heterocycles. The molecule has 2 aromatic heterocycles. The Morgan fingerprint density at radius 1 is 1.09 bits per heavy atom. The van der Waals surface area contributed by atoms with Gasteiger partial charge in [-0.3, -0.25) is 14.2 Å². The lowest BCUT2D eigenvalue weighted by atomic mass is 10.1. The summed E-state index contributed by atoms with van der Waals surface area (Å²) < 4.78 is 1.75. The summed E-state index contributed by atoms with van der Waals surface area (Å²) in [7, 11) is 0. The molecule has 0 N–H and O–H groups in total. The van der Waals surface area contributed by atoms with Crippen LogP contribution < -0.4 is 5.56 Å². The second-order valence-electron chi connectivity index (χ2n) is 9.83. The molecule has 0 saturated carbocycles. The number of aryl methyl sites for hydroxylation is 3. The summed E-state index contributed by atoms with van der Waals surface area (Å²) in [5, 5.41) is 1.33. The molecule has 0 atom stereocenters. The first-order valence-electron chi connectivity index (χ1n) is 12.1. The van der Waals surface area contributed by atoms with Crippen LogP contribution in [-0.4, -0.2) is 39.2 Å². The number of nitrogens with zero attached hydrogens (tertiary/aromatic N) is 3. The molecule has 0 radical (unpaired) electrons. The van der Waals surface area contributed by atoms with Crippen LogP contribution in [-0.2, 0) is 17.8 Å².